The minimum Gasteiger partial charge on any atom is -0.484 e. The first-order chi connectivity index (χ1) is 10.8. The van der Waals surface area contributed by atoms with Gasteiger partial charge in [0.25, 0.3) is 5.91 Å². The highest BCUT2D eigenvalue weighted by atomic mass is 16.5. The summed E-state index contributed by atoms with van der Waals surface area (Å²) in [5.41, 5.74) is 1.28. The quantitative estimate of drug-likeness (QED) is 0.926. The average molecular weight is 319 g/mol. The van der Waals surface area contributed by atoms with Crippen LogP contribution in [0.3, 0.4) is 0 Å². The molecule has 1 aromatic rings. The molecule has 0 saturated carbocycles. The van der Waals surface area contributed by atoms with Crippen LogP contribution in [0.1, 0.15) is 39.2 Å². The standard InChI is InChI=1S/C18H25NO4/c1-18(2,3)14-6-8-15(9-7-14)23-12-16(20)19-10-4-5-13(11-19)17(21)22/h6-9,13H,4-5,10-12H2,1-3H3,(H,21,22). The Labute approximate surface area is 137 Å². The molecule has 1 saturated heterocycles. The highest BCUT2D eigenvalue weighted by Crippen LogP contribution is 2.24. The second-order valence-corrected chi connectivity index (χ2v) is 7.08. The van der Waals surface area contributed by atoms with Crippen LogP contribution in [0.2, 0.25) is 0 Å². The fourth-order valence-electron chi connectivity index (χ4n) is 2.69. The maximum Gasteiger partial charge on any atom is 0.308 e. The van der Waals surface area contributed by atoms with Crippen molar-refractivity contribution in [3.63, 3.8) is 0 Å². The largest absolute Gasteiger partial charge is 0.484 e. The molecule has 1 amide bonds. The van der Waals surface area contributed by atoms with Gasteiger partial charge in [0, 0.05) is 13.1 Å². The van der Waals surface area contributed by atoms with Crippen LogP contribution in [0, 0.1) is 5.92 Å². The molecule has 5 heteroatoms. The summed E-state index contributed by atoms with van der Waals surface area (Å²) < 4.78 is 5.55. The Balaban J connectivity index is 1.88. The molecule has 0 spiro atoms. The van der Waals surface area contributed by atoms with Crippen molar-refractivity contribution in [2.75, 3.05) is 19.7 Å². The topological polar surface area (TPSA) is 66.8 Å². The van der Waals surface area contributed by atoms with Gasteiger partial charge in [-0.15, -0.1) is 0 Å². The van der Waals surface area contributed by atoms with Gasteiger partial charge in [0.2, 0.25) is 0 Å². The lowest BCUT2D eigenvalue weighted by atomic mass is 9.87. The van der Waals surface area contributed by atoms with E-state index in [1.165, 1.54) is 5.56 Å². The number of amides is 1. The zero-order valence-electron chi connectivity index (χ0n) is 14.0. The van der Waals surface area contributed by atoms with E-state index in [0.29, 0.717) is 18.7 Å². The molecule has 1 aliphatic heterocycles. The summed E-state index contributed by atoms with van der Waals surface area (Å²) in [6.07, 6.45) is 1.36. The third-order valence-corrected chi connectivity index (χ3v) is 4.21. The van der Waals surface area contributed by atoms with E-state index in [1.54, 1.807) is 4.90 Å². The first-order valence-corrected chi connectivity index (χ1v) is 8.01. The number of carbonyl (C=O) groups is 2. The van der Waals surface area contributed by atoms with Crippen LogP contribution in [0.25, 0.3) is 0 Å². The predicted octanol–water partition coefficient (Wildman–Crippen LogP) is 2.69. The van der Waals surface area contributed by atoms with Crippen molar-refractivity contribution in [2.24, 2.45) is 5.92 Å². The third-order valence-electron chi connectivity index (χ3n) is 4.21. The van der Waals surface area contributed by atoms with Gasteiger partial charge in [0.1, 0.15) is 5.75 Å². The monoisotopic (exact) mass is 319 g/mol. The molecule has 1 unspecified atom stereocenters. The van der Waals surface area contributed by atoms with Gasteiger partial charge in [-0.2, -0.15) is 0 Å². The van der Waals surface area contributed by atoms with Crippen molar-refractivity contribution in [3.05, 3.63) is 29.8 Å². The van der Waals surface area contributed by atoms with Gasteiger partial charge in [0.05, 0.1) is 5.92 Å². The number of nitrogens with zero attached hydrogens (tertiary/aromatic N) is 1. The van der Waals surface area contributed by atoms with Gasteiger partial charge >= 0.3 is 5.97 Å². The first-order valence-electron chi connectivity index (χ1n) is 8.01. The smallest absolute Gasteiger partial charge is 0.308 e. The lowest BCUT2D eigenvalue weighted by Crippen LogP contribution is -2.44. The second kappa shape index (κ2) is 7.02. The van der Waals surface area contributed by atoms with Crippen LogP contribution in [-0.2, 0) is 15.0 Å². The van der Waals surface area contributed by atoms with Crippen molar-refractivity contribution >= 4 is 11.9 Å². The fourth-order valence-corrected chi connectivity index (χ4v) is 2.69. The first kappa shape index (κ1) is 17.3. The zero-order chi connectivity index (χ0) is 17.0. The van der Waals surface area contributed by atoms with Crippen LogP contribution in [0.4, 0.5) is 0 Å². The van der Waals surface area contributed by atoms with E-state index in [4.69, 9.17) is 9.84 Å². The van der Waals surface area contributed by atoms with Gasteiger partial charge in [-0.05, 0) is 36.0 Å². The molecule has 1 heterocycles. The molecule has 0 aliphatic carbocycles. The van der Waals surface area contributed by atoms with E-state index < -0.39 is 11.9 Å². The molecule has 5 nitrogen and oxygen atoms in total. The van der Waals surface area contributed by atoms with Crippen molar-refractivity contribution in [3.8, 4) is 5.75 Å². The fraction of sp³-hybridized carbons (Fsp3) is 0.556. The van der Waals surface area contributed by atoms with E-state index >= 15 is 0 Å². The Kier molecular flexibility index (Phi) is 5.29. The Morgan fingerprint density at radius 2 is 1.91 bits per heavy atom. The van der Waals surface area contributed by atoms with Crippen LogP contribution < -0.4 is 4.74 Å². The van der Waals surface area contributed by atoms with Crippen molar-refractivity contribution < 1.29 is 19.4 Å². The van der Waals surface area contributed by atoms with Gasteiger partial charge in [-0.1, -0.05) is 32.9 Å². The molecule has 0 bridgehead atoms. The highest BCUT2D eigenvalue weighted by molar-refractivity contribution is 5.79. The minimum atomic E-state index is -0.832. The molecule has 126 valence electrons. The number of hydrogen-bond donors (Lipinski definition) is 1. The van der Waals surface area contributed by atoms with E-state index in [0.717, 1.165) is 6.42 Å². The van der Waals surface area contributed by atoms with Crippen molar-refractivity contribution in [1.29, 1.82) is 0 Å². The van der Waals surface area contributed by atoms with Crippen LogP contribution in [-0.4, -0.2) is 41.6 Å². The SMILES string of the molecule is CC(C)(C)c1ccc(OCC(=O)N2CCCC(C(=O)O)C2)cc1. The number of ether oxygens (including phenoxy) is 1. The van der Waals surface area contributed by atoms with Gasteiger partial charge in [-0.25, -0.2) is 0 Å². The summed E-state index contributed by atoms with van der Waals surface area (Å²) in [6.45, 7) is 7.25. The average Bonchev–Trinajstić information content (AvgIpc) is 2.52. The number of carboxylic acid groups (broad SMARTS) is 1. The summed E-state index contributed by atoms with van der Waals surface area (Å²) in [6, 6.07) is 7.73. The van der Waals surface area contributed by atoms with Crippen molar-refractivity contribution in [1.82, 2.24) is 4.90 Å². The zero-order valence-corrected chi connectivity index (χ0v) is 14.0. The number of likely N-dealkylation sites (tertiary alicyclic amines) is 1. The molecule has 2 rings (SSSR count). The normalized spacial score (nSPS) is 18.6. The second-order valence-electron chi connectivity index (χ2n) is 7.08. The van der Waals surface area contributed by atoms with Crippen LogP contribution in [0.5, 0.6) is 5.75 Å². The summed E-state index contributed by atoms with van der Waals surface area (Å²) in [7, 11) is 0. The van der Waals surface area contributed by atoms with Crippen LogP contribution in [0.15, 0.2) is 24.3 Å². The molecule has 1 fully saturated rings. The van der Waals surface area contributed by atoms with Crippen LogP contribution >= 0.6 is 0 Å². The van der Waals surface area contributed by atoms with E-state index in [1.807, 2.05) is 24.3 Å². The number of carbonyl (C=O) groups excluding carboxylic acids is 1. The van der Waals surface area contributed by atoms with E-state index in [2.05, 4.69) is 20.8 Å². The molecular weight excluding hydrogens is 294 g/mol. The molecule has 1 N–H and O–H groups in total. The Morgan fingerprint density at radius 3 is 2.48 bits per heavy atom. The maximum absolute atomic E-state index is 12.2. The third kappa shape index (κ3) is 4.71. The lowest BCUT2D eigenvalue weighted by molar-refractivity contribution is -0.146. The number of hydrogen-bond acceptors (Lipinski definition) is 3. The number of carboxylic acids is 1. The maximum atomic E-state index is 12.2. The number of benzene rings is 1. The van der Waals surface area contributed by atoms with Gasteiger partial charge in [-0.3, -0.25) is 9.59 Å². The number of rotatable bonds is 4. The minimum absolute atomic E-state index is 0.0544. The summed E-state index contributed by atoms with van der Waals surface area (Å²) >= 11 is 0. The number of aliphatic carboxylic acids is 1. The van der Waals surface area contributed by atoms with Crippen molar-refractivity contribution in [2.45, 2.75) is 39.0 Å². The predicted molar refractivity (Wildman–Crippen MR) is 87.6 cm³/mol. The molecular formula is C18H25NO4. The number of piperidine rings is 1. The van der Waals surface area contributed by atoms with Gasteiger partial charge < -0.3 is 14.7 Å². The lowest BCUT2D eigenvalue weighted by Gasteiger charge is -2.30. The molecule has 1 atom stereocenters. The molecule has 23 heavy (non-hydrogen) atoms. The Hall–Kier alpha value is -2.04. The van der Waals surface area contributed by atoms with E-state index in [9.17, 15) is 9.59 Å². The molecule has 0 aromatic heterocycles. The molecule has 1 aliphatic rings. The molecule has 0 radical (unpaired) electrons. The Bertz CT molecular complexity index is 559. The Morgan fingerprint density at radius 1 is 1.26 bits per heavy atom. The van der Waals surface area contributed by atoms with Gasteiger partial charge in [0.15, 0.2) is 6.61 Å². The highest BCUT2D eigenvalue weighted by Gasteiger charge is 2.28. The molecule has 1 aromatic carbocycles. The summed E-state index contributed by atoms with van der Waals surface area (Å²) in [4.78, 5) is 24.8. The summed E-state index contributed by atoms with van der Waals surface area (Å²) in [5.74, 6) is -0.797. The summed E-state index contributed by atoms with van der Waals surface area (Å²) in [5, 5.41) is 9.07. The van der Waals surface area contributed by atoms with E-state index in [-0.39, 0.29) is 24.5 Å².